The molecule has 0 aromatic heterocycles. The molecule has 1 aromatic rings. The van der Waals surface area contributed by atoms with Crippen LogP contribution in [0.15, 0.2) is 24.3 Å². The van der Waals surface area contributed by atoms with E-state index in [0.29, 0.717) is 0 Å². The molecule has 0 spiro atoms. The maximum absolute atomic E-state index is 5.15. The Bertz CT molecular complexity index is 331. The lowest BCUT2D eigenvalue weighted by molar-refractivity contribution is 0.414. The first-order valence-electron chi connectivity index (χ1n) is 6.95. The third kappa shape index (κ3) is 4.31. The Morgan fingerprint density at radius 1 is 1.28 bits per heavy atom. The molecular weight excluding hydrogens is 224 g/mol. The molecule has 0 amide bonds. The number of hydrogen-bond donors (Lipinski definition) is 2. The fourth-order valence-electron chi connectivity index (χ4n) is 2.43. The lowest BCUT2D eigenvalue weighted by Crippen LogP contribution is -2.28. The van der Waals surface area contributed by atoms with Gasteiger partial charge in [-0.1, -0.05) is 12.1 Å². The number of methoxy groups -OCH3 is 1. The standard InChI is InChI=1S/C15H24N2O/c1-18-15-6-4-13(5-7-15)8-11-16-12-9-14-3-2-10-17-14/h4-7,14,16-17H,2-3,8-12H2,1H3. The monoisotopic (exact) mass is 248 g/mol. The van der Waals surface area contributed by atoms with Gasteiger partial charge in [-0.15, -0.1) is 0 Å². The number of nitrogens with one attached hydrogen (secondary N) is 2. The second-order valence-electron chi connectivity index (χ2n) is 4.93. The van der Waals surface area contributed by atoms with Gasteiger partial charge in [0.25, 0.3) is 0 Å². The molecule has 1 heterocycles. The molecule has 0 aliphatic carbocycles. The molecule has 0 radical (unpaired) electrons. The first-order chi connectivity index (χ1) is 8.88. The molecular formula is C15H24N2O. The average Bonchev–Trinajstić information content (AvgIpc) is 2.92. The van der Waals surface area contributed by atoms with Crippen molar-refractivity contribution in [1.29, 1.82) is 0 Å². The highest BCUT2D eigenvalue weighted by atomic mass is 16.5. The van der Waals surface area contributed by atoms with E-state index < -0.39 is 0 Å². The minimum absolute atomic E-state index is 0.749. The molecule has 1 unspecified atom stereocenters. The molecule has 3 heteroatoms. The fraction of sp³-hybridized carbons (Fsp3) is 0.600. The molecule has 2 N–H and O–H groups in total. The van der Waals surface area contributed by atoms with Crippen molar-refractivity contribution < 1.29 is 4.74 Å². The van der Waals surface area contributed by atoms with Crippen molar-refractivity contribution in [1.82, 2.24) is 10.6 Å². The van der Waals surface area contributed by atoms with Crippen LogP contribution < -0.4 is 15.4 Å². The predicted octanol–water partition coefficient (Wildman–Crippen LogP) is 1.97. The van der Waals surface area contributed by atoms with E-state index in [1.165, 1.54) is 31.4 Å². The van der Waals surface area contributed by atoms with Crippen LogP contribution >= 0.6 is 0 Å². The molecule has 0 saturated carbocycles. The topological polar surface area (TPSA) is 33.3 Å². The van der Waals surface area contributed by atoms with Gasteiger partial charge in [0.05, 0.1) is 7.11 Å². The first-order valence-corrected chi connectivity index (χ1v) is 6.95. The van der Waals surface area contributed by atoms with Gasteiger partial charge in [-0.05, 0) is 63.0 Å². The Morgan fingerprint density at radius 3 is 2.78 bits per heavy atom. The van der Waals surface area contributed by atoms with Crippen LogP contribution in [-0.4, -0.2) is 32.8 Å². The quantitative estimate of drug-likeness (QED) is 0.724. The molecule has 18 heavy (non-hydrogen) atoms. The second-order valence-corrected chi connectivity index (χ2v) is 4.93. The van der Waals surface area contributed by atoms with Crippen LogP contribution in [0.25, 0.3) is 0 Å². The highest BCUT2D eigenvalue weighted by Crippen LogP contribution is 2.11. The summed E-state index contributed by atoms with van der Waals surface area (Å²) >= 11 is 0. The SMILES string of the molecule is COc1ccc(CCNCCC2CCCN2)cc1. The Labute approximate surface area is 110 Å². The summed E-state index contributed by atoms with van der Waals surface area (Å²) in [6, 6.07) is 9.08. The normalized spacial score (nSPS) is 19.1. The average molecular weight is 248 g/mol. The zero-order chi connectivity index (χ0) is 12.6. The van der Waals surface area contributed by atoms with Gasteiger partial charge < -0.3 is 15.4 Å². The number of benzene rings is 1. The summed E-state index contributed by atoms with van der Waals surface area (Å²) in [6.45, 7) is 3.38. The van der Waals surface area contributed by atoms with Crippen molar-refractivity contribution in [3.63, 3.8) is 0 Å². The second kappa shape index (κ2) is 7.39. The molecule has 1 aliphatic rings. The Kier molecular flexibility index (Phi) is 5.49. The summed E-state index contributed by atoms with van der Waals surface area (Å²) in [7, 11) is 1.70. The van der Waals surface area contributed by atoms with Gasteiger partial charge in [-0.3, -0.25) is 0 Å². The largest absolute Gasteiger partial charge is 0.497 e. The van der Waals surface area contributed by atoms with Gasteiger partial charge in [0, 0.05) is 6.04 Å². The summed E-state index contributed by atoms with van der Waals surface area (Å²) in [5, 5.41) is 7.04. The summed E-state index contributed by atoms with van der Waals surface area (Å²) in [4.78, 5) is 0. The van der Waals surface area contributed by atoms with Crippen LogP contribution in [0.2, 0.25) is 0 Å². The molecule has 1 atom stereocenters. The molecule has 1 saturated heterocycles. The van der Waals surface area contributed by atoms with Gasteiger partial charge in [0.2, 0.25) is 0 Å². The Hall–Kier alpha value is -1.06. The minimum atomic E-state index is 0.749. The number of hydrogen-bond acceptors (Lipinski definition) is 3. The van der Waals surface area contributed by atoms with Gasteiger partial charge >= 0.3 is 0 Å². The lowest BCUT2D eigenvalue weighted by atomic mass is 10.1. The summed E-state index contributed by atoms with van der Waals surface area (Å²) in [6.07, 6.45) is 5.03. The summed E-state index contributed by atoms with van der Waals surface area (Å²) < 4.78 is 5.15. The van der Waals surface area contributed by atoms with E-state index >= 15 is 0 Å². The minimum Gasteiger partial charge on any atom is -0.497 e. The molecule has 100 valence electrons. The maximum Gasteiger partial charge on any atom is 0.118 e. The van der Waals surface area contributed by atoms with Crippen molar-refractivity contribution in [2.75, 3.05) is 26.7 Å². The van der Waals surface area contributed by atoms with Crippen LogP contribution in [-0.2, 0) is 6.42 Å². The molecule has 2 rings (SSSR count). The van der Waals surface area contributed by atoms with E-state index in [1.807, 2.05) is 12.1 Å². The fourth-order valence-corrected chi connectivity index (χ4v) is 2.43. The smallest absolute Gasteiger partial charge is 0.118 e. The highest BCUT2D eigenvalue weighted by molar-refractivity contribution is 5.27. The number of rotatable bonds is 7. The van der Waals surface area contributed by atoms with Crippen molar-refractivity contribution in [2.24, 2.45) is 0 Å². The van der Waals surface area contributed by atoms with Crippen molar-refractivity contribution >= 4 is 0 Å². The molecule has 0 bridgehead atoms. The van der Waals surface area contributed by atoms with Crippen LogP contribution in [0.4, 0.5) is 0 Å². The van der Waals surface area contributed by atoms with Crippen molar-refractivity contribution in [3.8, 4) is 5.75 Å². The lowest BCUT2D eigenvalue weighted by Gasteiger charge is -2.10. The Balaban J connectivity index is 1.56. The highest BCUT2D eigenvalue weighted by Gasteiger charge is 2.12. The van der Waals surface area contributed by atoms with Gasteiger partial charge in [0.1, 0.15) is 5.75 Å². The van der Waals surface area contributed by atoms with Crippen LogP contribution in [0.3, 0.4) is 0 Å². The van der Waals surface area contributed by atoms with Gasteiger partial charge in [0.15, 0.2) is 0 Å². The number of ether oxygens (including phenoxy) is 1. The van der Waals surface area contributed by atoms with Crippen molar-refractivity contribution in [2.45, 2.75) is 31.7 Å². The van der Waals surface area contributed by atoms with Gasteiger partial charge in [-0.2, -0.15) is 0 Å². The maximum atomic E-state index is 5.15. The van der Waals surface area contributed by atoms with E-state index in [-0.39, 0.29) is 0 Å². The molecule has 1 aromatic carbocycles. The van der Waals surface area contributed by atoms with Gasteiger partial charge in [-0.25, -0.2) is 0 Å². The van der Waals surface area contributed by atoms with E-state index in [9.17, 15) is 0 Å². The van der Waals surface area contributed by atoms with Crippen molar-refractivity contribution in [3.05, 3.63) is 29.8 Å². The first kappa shape index (κ1) is 13.4. The third-order valence-corrected chi connectivity index (χ3v) is 3.58. The van der Waals surface area contributed by atoms with Crippen LogP contribution in [0, 0.1) is 0 Å². The third-order valence-electron chi connectivity index (χ3n) is 3.58. The van der Waals surface area contributed by atoms with E-state index in [1.54, 1.807) is 7.11 Å². The van der Waals surface area contributed by atoms with Crippen LogP contribution in [0.5, 0.6) is 5.75 Å². The molecule has 1 fully saturated rings. The molecule has 3 nitrogen and oxygen atoms in total. The predicted molar refractivity (Wildman–Crippen MR) is 75.2 cm³/mol. The van der Waals surface area contributed by atoms with E-state index in [0.717, 1.165) is 31.3 Å². The molecule has 1 aliphatic heterocycles. The van der Waals surface area contributed by atoms with E-state index in [4.69, 9.17) is 4.74 Å². The summed E-state index contributed by atoms with van der Waals surface area (Å²) in [5.74, 6) is 0.930. The summed E-state index contributed by atoms with van der Waals surface area (Å²) in [5.41, 5.74) is 1.36. The zero-order valence-corrected chi connectivity index (χ0v) is 11.2. The Morgan fingerprint density at radius 2 is 2.11 bits per heavy atom. The van der Waals surface area contributed by atoms with Crippen LogP contribution in [0.1, 0.15) is 24.8 Å². The zero-order valence-electron chi connectivity index (χ0n) is 11.2. The van der Waals surface area contributed by atoms with E-state index in [2.05, 4.69) is 22.8 Å².